The molecule has 10 heteroatoms. The highest BCUT2D eigenvalue weighted by molar-refractivity contribution is 7.89. The van der Waals surface area contributed by atoms with E-state index in [0.717, 1.165) is 11.6 Å². The summed E-state index contributed by atoms with van der Waals surface area (Å²) in [5.74, 6) is 0.233. The first-order valence-electron chi connectivity index (χ1n) is 8.60. The summed E-state index contributed by atoms with van der Waals surface area (Å²) in [5, 5.41) is 12.0. The van der Waals surface area contributed by atoms with E-state index in [-0.39, 0.29) is 23.7 Å². The number of halogens is 1. The van der Waals surface area contributed by atoms with E-state index >= 15 is 0 Å². The molecule has 2 aromatic carbocycles. The van der Waals surface area contributed by atoms with Crippen LogP contribution in [0.25, 0.3) is 0 Å². The Kier molecular flexibility index (Phi) is 6.19. The quantitative estimate of drug-likeness (QED) is 0.522. The van der Waals surface area contributed by atoms with Gasteiger partial charge in [-0.05, 0) is 29.8 Å². The van der Waals surface area contributed by atoms with Crippen molar-refractivity contribution >= 4 is 27.3 Å². The molecule has 1 fully saturated rings. The Hall–Kier alpha value is -2.20. The first kappa shape index (κ1) is 20.5. The molecule has 8 nitrogen and oxygen atoms in total. The molecular formula is C18H20ClN3O5S. The summed E-state index contributed by atoms with van der Waals surface area (Å²) in [6.45, 7) is 2.22. The van der Waals surface area contributed by atoms with Crippen molar-refractivity contribution in [2.45, 2.75) is 11.4 Å². The van der Waals surface area contributed by atoms with Crippen LogP contribution in [0.3, 0.4) is 0 Å². The molecular weight excluding hydrogens is 406 g/mol. The van der Waals surface area contributed by atoms with Gasteiger partial charge in [0.25, 0.3) is 5.69 Å². The van der Waals surface area contributed by atoms with Gasteiger partial charge in [0, 0.05) is 37.7 Å². The number of sulfonamides is 1. The van der Waals surface area contributed by atoms with E-state index in [1.807, 2.05) is 18.2 Å². The van der Waals surface area contributed by atoms with Gasteiger partial charge in [-0.3, -0.25) is 15.0 Å². The first-order chi connectivity index (χ1) is 13.3. The summed E-state index contributed by atoms with van der Waals surface area (Å²) in [4.78, 5) is 12.5. The normalized spacial score (nSPS) is 16.1. The minimum absolute atomic E-state index is 0.233. The van der Waals surface area contributed by atoms with Crippen molar-refractivity contribution in [3.05, 3.63) is 63.2 Å². The van der Waals surface area contributed by atoms with Crippen molar-refractivity contribution in [3.8, 4) is 5.75 Å². The molecule has 1 aliphatic rings. The zero-order valence-electron chi connectivity index (χ0n) is 15.2. The second kappa shape index (κ2) is 8.44. The number of nitro groups is 1. The Balaban J connectivity index is 1.74. The summed E-state index contributed by atoms with van der Waals surface area (Å²) < 4.78 is 32.2. The summed E-state index contributed by atoms with van der Waals surface area (Å²) in [6.07, 6.45) is 0. The smallest absolute Gasteiger partial charge is 0.293 e. The molecule has 0 atom stereocenters. The van der Waals surface area contributed by atoms with Gasteiger partial charge in [-0.1, -0.05) is 23.7 Å². The van der Waals surface area contributed by atoms with Gasteiger partial charge in [-0.25, -0.2) is 8.42 Å². The fourth-order valence-electron chi connectivity index (χ4n) is 3.15. The summed E-state index contributed by atoms with van der Waals surface area (Å²) in [7, 11) is -2.61. The van der Waals surface area contributed by atoms with Gasteiger partial charge in [0.2, 0.25) is 10.0 Å². The molecule has 0 amide bonds. The Morgan fingerprint density at radius 2 is 1.86 bits per heavy atom. The Morgan fingerprint density at radius 1 is 1.14 bits per heavy atom. The molecule has 0 bridgehead atoms. The number of hydrogen-bond acceptors (Lipinski definition) is 6. The molecule has 1 heterocycles. The lowest BCUT2D eigenvalue weighted by Crippen LogP contribution is -2.48. The molecule has 0 saturated carbocycles. The molecule has 0 N–H and O–H groups in total. The SMILES string of the molecule is COc1ccc(S(=O)(=O)N2CCN(Cc3cccc(Cl)c3)CC2)c([N+](=O)[O-])c1. The number of piperazine rings is 1. The average Bonchev–Trinajstić information content (AvgIpc) is 2.68. The minimum atomic E-state index is -3.98. The highest BCUT2D eigenvalue weighted by atomic mass is 35.5. The number of methoxy groups -OCH3 is 1. The third-order valence-corrected chi connectivity index (χ3v) is 6.79. The lowest BCUT2D eigenvalue weighted by molar-refractivity contribution is -0.387. The van der Waals surface area contributed by atoms with E-state index in [9.17, 15) is 18.5 Å². The zero-order valence-corrected chi connectivity index (χ0v) is 16.8. The number of rotatable bonds is 6. The summed E-state index contributed by atoms with van der Waals surface area (Å²) in [5.41, 5.74) is 0.565. The van der Waals surface area contributed by atoms with Gasteiger partial charge in [0.05, 0.1) is 18.1 Å². The van der Waals surface area contributed by atoms with Crippen LogP contribution in [0.1, 0.15) is 5.56 Å². The van der Waals surface area contributed by atoms with Gasteiger partial charge in [-0.15, -0.1) is 0 Å². The molecule has 3 rings (SSSR count). The Bertz CT molecular complexity index is 975. The van der Waals surface area contributed by atoms with Gasteiger partial charge in [0.1, 0.15) is 5.75 Å². The monoisotopic (exact) mass is 425 g/mol. The second-order valence-corrected chi connectivity index (χ2v) is 8.74. The largest absolute Gasteiger partial charge is 0.497 e. The fourth-order valence-corrected chi connectivity index (χ4v) is 4.92. The molecule has 0 unspecified atom stereocenters. The maximum absolute atomic E-state index is 13.0. The maximum atomic E-state index is 13.0. The fraction of sp³-hybridized carbons (Fsp3) is 0.333. The van der Waals surface area contributed by atoms with Gasteiger partial charge in [0.15, 0.2) is 4.90 Å². The molecule has 150 valence electrons. The van der Waals surface area contributed by atoms with E-state index in [0.29, 0.717) is 24.7 Å². The van der Waals surface area contributed by atoms with Crippen LogP contribution in [-0.2, 0) is 16.6 Å². The van der Waals surface area contributed by atoms with E-state index < -0.39 is 20.6 Å². The van der Waals surface area contributed by atoms with Crippen LogP contribution in [0.4, 0.5) is 5.69 Å². The van der Waals surface area contributed by atoms with Crippen LogP contribution >= 0.6 is 11.6 Å². The number of hydrogen-bond donors (Lipinski definition) is 0. The summed E-state index contributed by atoms with van der Waals surface area (Å²) in [6, 6.07) is 11.3. The first-order valence-corrected chi connectivity index (χ1v) is 10.4. The van der Waals surface area contributed by atoms with Crippen LogP contribution in [0.5, 0.6) is 5.75 Å². The van der Waals surface area contributed by atoms with Crippen molar-refractivity contribution in [2.24, 2.45) is 0 Å². The van der Waals surface area contributed by atoms with Crippen molar-refractivity contribution in [3.63, 3.8) is 0 Å². The highest BCUT2D eigenvalue weighted by Crippen LogP contribution is 2.31. The highest BCUT2D eigenvalue weighted by Gasteiger charge is 2.34. The molecule has 1 aliphatic heterocycles. The van der Waals surface area contributed by atoms with Crippen molar-refractivity contribution in [1.29, 1.82) is 0 Å². The van der Waals surface area contributed by atoms with Crippen molar-refractivity contribution < 1.29 is 18.1 Å². The summed E-state index contributed by atoms with van der Waals surface area (Å²) >= 11 is 6.01. The van der Waals surface area contributed by atoms with E-state index in [1.54, 1.807) is 6.07 Å². The zero-order chi connectivity index (χ0) is 20.3. The Labute approximate surface area is 168 Å². The predicted octanol–water partition coefficient (Wildman–Crippen LogP) is 2.76. The Morgan fingerprint density at radius 3 is 2.46 bits per heavy atom. The van der Waals surface area contributed by atoms with Gasteiger partial charge in [-0.2, -0.15) is 4.31 Å². The molecule has 0 radical (unpaired) electrons. The lowest BCUT2D eigenvalue weighted by Gasteiger charge is -2.33. The number of nitro benzene ring substituents is 1. The number of nitrogens with zero attached hydrogens (tertiary/aromatic N) is 3. The van der Waals surface area contributed by atoms with E-state index in [1.165, 1.54) is 23.5 Å². The van der Waals surface area contributed by atoms with Crippen molar-refractivity contribution in [2.75, 3.05) is 33.3 Å². The van der Waals surface area contributed by atoms with Crippen LogP contribution < -0.4 is 4.74 Å². The van der Waals surface area contributed by atoms with Crippen LogP contribution in [-0.4, -0.2) is 55.8 Å². The van der Waals surface area contributed by atoms with E-state index in [2.05, 4.69) is 4.90 Å². The molecule has 2 aromatic rings. The topological polar surface area (TPSA) is 93.0 Å². The molecule has 1 saturated heterocycles. The predicted molar refractivity (Wildman–Crippen MR) is 105 cm³/mol. The third-order valence-electron chi connectivity index (χ3n) is 4.61. The lowest BCUT2D eigenvalue weighted by atomic mass is 10.2. The van der Waals surface area contributed by atoms with Crippen LogP contribution in [0.2, 0.25) is 5.02 Å². The molecule has 0 spiro atoms. The molecule has 0 aromatic heterocycles. The van der Waals surface area contributed by atoms with E-state index in [4.69, 9.17) is 16.3 Å². The third kappa shape index (κ3) is 4.44. The average molecular weight is 426 g/mol. The number of ether oxygens (including phenoxy) is 1. The van der Waals surface area contributed by atoms with Crippen LogP contribution in [0, 0.1) is 10.1 Å². The van der Waals surface area contributed by atoms with Crippen molar-refractivity contribution in [1.82, 2.24) is 9.21 Å². The minimum Gasteiger partial charge on any atom is -0.497 e. The number of benzene rings is 2. The van der Waals surface area contributed by atoms with Gasteiger partial charge >= 0.3 is 0 Å². The standard InChI is InChI=1S/C18H20ClN3O5S/c1-27-16-5-6-18(17(12-16)22(23)24)28(25,26)21-9-7-20(8-10-21)13-14-3-2-4-15(19)11-14/h2-6,11-12H,7-10,13H2,1H3. The van der Waals surface area contributed by atoms with Crippen LogP contribution in [0.15, 0.2) is 47.4 Å². The maximum Gasteiger partial charge on any atom is 0.293 e. The molecule has 28 heavy (non-hydrogen) atoms. The second-order valence-electron chi connectivity index (χ2n) is 6.40. The molecule has 0 aliphatic carbocycles. The van der Waals surface area contributed by atoms with Gasteiger partial charge < -0.3 is 4.74 Å².